The van der Waals surface area contributed by atoms with E-state index in [0.29, 0.717) is 6.73 Å². The summed E-state index contributed by atoms with van der Waals surface area (Å²) in [6.45, 7) is 8.06. The Morgan fingerprint density at radius 3 is 3.00 bits per heavy atom. The van der Waals surface area contributed by atoms with Gasteiger partial charge in [-0.05, 0) is 6.42 Å². The van der Waals surface area contributed by atoms with Gasteiger partial charge in [-0.25, -0.2) is 0 Å². The fourth-order valence-corrected chi connectivity index (χ4v) is 0.552. The van der Waals surface area contributed by atoms with Crippen LogP contribution in [0.3, 0.4) is 0 Å². The van der Waals surface area contributed by atoms with Crippen molar-refractivity contribution in [3.8, 4) is 0 Å². The summed E-state index contributed by atoms with van der Waals surface area (Å²) in [6, 6.07) is 0. The van der Waals surface area contributed by atoms with E-state index < -0.39 is 0 Å². The minimum absolute atomic E-state index is 0.645. The zero-order chi connectivity index (χ0) is 7.66. The number of hydrogen-bond acceptors (Lipinski definition) is 2. The van der Waals surface area contributed by atoms with Gasteiger partial charge in [0.25, 0.3) is 0 Å². The molecule has 10 heavy (non-hydrogen) atoms. The van der Waals surface area contributed by atoms with Crippen LogP contribution in [0.4, 0.5) is 0 Å². The van der Waals surface area contributed by atoms with E-state index in [4.69, 9.17) is 4.74 Å². The Hall–Kier alpha value is -0.340. The highest BCUT2D eigenvalue weighted by Crippen LogP contribution is 1.85. The van der Waals surface area contributed by atoms with Gasteiger partial charge in [-0.15, -0.1) is 6.58 Å². The Morgan fingerprint density at radius 2 is 2.40 bits per heavy atom. The van der Waals surface area contributed by atoms with Gasteiger partial charge in [-0.2, -0.15) is 0 Å². The Morgan fingerprint density at radius 1 is 1.60 bits per heavy atom. The molecule has 0 aliphatic carbocycles. The van der Waals surface area contributed by atoms with E-state index in [1.165, 1.54) is 6.42 Å². The minimum Gasteiger partial charge on any atom is -0.366 e. The van der Waals surface area contributed by atoms with Gasteiger partial charge in [0.15, 0.2) is 0 Å². The van der Waals surface area contributed by atoms with Crippen molar-refractivity contribution in [2.45, 2.75) is 19.8 Å². The summed E-state index contributed by atoms with van der Waals surface area (Å²) in [5, 5.41) is 3.05. The Labute approximate surface area is 63.3 Å². The molecule has 0 bridgehead atoms. The third-order valence-electron chi connectivity index (χ3n) is 1.14. The number of rotatable bonds is 7. The first-order valence-corrected chi connectivity index (χ1v) is 3.81. The smallest absolute Gasteiger partial charge is 0.0967 e. The van der Waals surface area contributed by atoms with E-state index in [1.54, 1.807) is 0 Å². The zero-order valence-corrected chi connectivity index (χ0v) is 6.73. The lowest BCUT2D eigenvalue weighted by atomic mass is 10.4. The van der Waals surface area contributed by atoms with Gasteiger partial charge in [-0.1, -0.05) is 19.4 Å². The predicted octanol–water partition coefficient (Wildman–Crippen LogP) is 1.54. The van der Waals surface area contributed by atoms with Crippen molar-refractivity contribution in [1.29, 1.82) is 0 Å². The molecule has 0 radical (unpaired) electrons. The van der Waals surface area contributed by atoms with Crippen LogP contribution in [0.5, 0.6) is 0 Å². The molecule has 2 nitrogen and oxygen atoms in total. The highest BCUT2D eigenvalue weighted by Gasteiger charge is 1.83. The highest BCUT2D eigenvalue weighted by atomic mass is 16.5. The molecule has 0 aromatic rings. The normalized spacial score (nSPS) is 9.70. The van der Waals surface area contributed by atoms with Crippen LogP contribution >= 0.6 is 0 Å². The summed E-state index contributed by atoms with van der Waals surface area (Å²) in [6.07, 6.45) is 4.17. The van der Waals surface area contributed by atoms with Crippen molar-refractivity contribution in [2.24, 2.45) is 0 Å². The fraction of sp³-hybridized carbons (Fsp3) is 0.750. The molecule has 0 aliphatic heterocycles. The first-order chi connectivity index (χ1) is 4.91. The first kappa shape index (κ1) is 9.66. The SMILES string of the molecule is C=CCNCOCCCC. The van der Waals surface area contributed by atoms with Crippen LogP contribution in [-0.2, 0) is 4.74 Å². The zero-order valence-electron chi connectivity index (χ0n) is 6.73. The number of unbranched alkanes of at least 4 members (excludes halogenated alkanes) is 1. The van der Waals surface area contributed by atoms with E-state index >= 15 is 0 Å². The van der Waals surface area contributed by atoms with E-state index in [9.17, 15) is 0 Å². The third kappa shape index (κ3) is 7.66. The summed E-state index contributed by atoms with van der Waals surface area (Å²) in [5.41, 5.74) is 0. The fourth-order valence-electron chi connectivity index (χ4n) is 0.552. The molecule has 0 atom stereocenters. The van der Waals surface area contributed by atoms with Gasteiger partial charge >= 0.3 is 0 Å². The second kappa shape index (κ2) is 8.66. The summed E-state index contributed by atoms with van der Waals surface area (Å²) < 4.78 is 5.22. The molecular formula is C8H17NO. The maximum absolute atomic E-state index is 5.22. The topological polar surface area (TPSA) is 21.3 Å². The monoisotopic (exact) mass is 143 g/mol. The molecule has 0 saturated heterocycles. The van der Waals surface area contributed by atoms with Crippen molar-refractivity contribution in [2.75, 3.05) is 19.9 Å². The lowest BCUT2D eigenvalue weighted by molar-refractivity contribution is 0.116. The van der Waals surface area contributed by atoms with Crippen molar-refractivity contribution in [3.63, 3.8) is 0 Å². The molecule has 1 N–H and O–H groups in total. The quantitative estimate of drug-likeness (QED) is 0.331. The first-order valence-electron chi connectivity index (χ1n) is 3.81. The Balaban J connectivity index is 2.70. The van der Waals surface area contributed by atoms with Crippen molar-refractivity contribution >= 4 is 0 Å². The van der Waals surface area contributed by atoms with Crippen molar-refractivity contribution < 1.29 is 4.74 Å². The molecule has 0 saturated carbocycles. The number of ether oxygens (including phenoxy) is 1. The van der Waals surface area contributed by atoms with Crippen molar-refractivity contribution in [3.05, 3.63) is 12.7 Å². The van der Waals surface area contributed by atoms with Crippen LogP contribution in [0.1, 0.15) is 19.8 Å². The summed E-state index contributed by atoms with van der Waals surface area (Å²) in [4.78, 5) is 0. The number of nitrogens with one attached hydrogen (secondary N) is 1. The molecule has 0 rings (SSSR count). The second-order valence-corrected chi connectivity index (χ2v) is 2.15. The molecule has 60 valence electrons. The molecule has 0 aliphatic rings. The molecule has 2 heteroatoms. The van der Waals surface area contributed by atoms with Gasteiger partial charge in [0.2, 0.25) is 0 Å². The van der Waals surface area contributed by atoms with Gasteiger partial charge in [0.1, 0.15) is 0 Å². The molecule has 0 fully saturated rings. The average molecular weight is 143 g/mol. The molecule has 0 spiro atoms. The predicted molar refractivity (Wildman–Crippen MR) is 43.9 cm³/mol. The van der Waals surface area contributed by atoms with Crippen LogP contribution in [0.2, 0.25) is 0 Å². The lowest BCUT2D eigenvalue weighted by Crippen LogP contribution is -2.17. The molecule has 0 amide bonds. The van der Waals surface area contributed by atoms with Gasteiger partial charge in [0.05, 0.1) is 6.73 Å². The molecule has 0 heterocycles. The van der Waals surface area contributed by atoms with E-state index in [-0.39, 0.29) is 0 Å². The maximum atomic E-state index is 5.22. The van der Waals surface area contributed by atoms with E-state index in [0.717, 1.165) is 19.6 Å². The Bertz CT molecular complexity index is 73.7. The van der Waals surface area contributed by atoms with Crippen LogP contribution < -0.4 is 5.32 Å². The van der Waals surface area contributed by atoms with E-state index in [1.807, 2.05) is 6.08 Å². The summed E-state index contributed by atoms with van der Waals surface area (Å²) in [5.74, 6) is 0. The second-order valence-electron chi connectivity index (χ2n) is 2.15. The minimum atomic E-state index is 0.645. The Kier molecular flexibility index (Phi) is 8.37. The van der Waals surface area contributed by atoms with Gasteiger partial charge in [0, 0.05) is 13.2 Å². The largest absolute Gasteiger partial charge is 0.366 e. The van der Waals surface area contributed by atoms with E-state index in [2.05, 4.69) is 18.8 Å². The average Bonchev–Trinajstić information content (AvgIpc) is 1.97. The molecule has 0 unspecified atom stereocenters. The summed E-state index contributed by atoms with van der Waals surface area (Å²) >= 11 is 0. The third-order valence-corrected chi connectivity index (χ3v) is 1.14. The highest BCUT2D eigenvalue weighted by molar-refractivity contribution is 4.67. The van der Waals surface area contributed by atoms with Crippen LogP contribution in [-0.4, -0.2) is 19.9 Å². The molecule has 0 aromatic carbocycles. The van der Waals surface area contributed by atoms with Crippen LogP contribution in [0.25, 0.3) is 0 Å². The molecule has 0 aromatic heterocycles. The van der Waals surface area contributed by atoms with Crippen LogP contribution in [0.15, 0.2) is 12.7 Å². The lowest BCUT2D eigenvalue weighted by Gasteiger charge is -2.02. The van der Waals surface area contributed by atoms with Gasteiger partial charge in [-0.3, -0.25) is 5.32 Å². The standard InChI is InChI=1S/C8H17NO/c1-3-5-7-10-8-9-6-4-2/h4,9H,2-3,5-8H2,1H3. The van der Waals surface area contributed by atoms with Gasteiger partial charge < -0.3 is 4.74 Å². The van der Waals surface area contributed by atoms with Crippen LogP contribution in [0, 0.1) is 0 Å². The molecular weight excluding hydrogens is 126 g/mol. The maximum Gasteiger partial charge on any atom is 0.0967 e. The summed E-state index contributed by atoms with van der Waals surface area (Å²) in [7, 11) is 0. The van der Waals surface area contributed by atoms with Crippen molar-refractivity contribution in [1.82, 2.24) is 5.32 Å². The number of hydrogen-bond donors (Lipinski definition) is 1.